The molecule has 154 valence electrons. The third kappa shape index (κ3) is 5.52. The number of piperidine rings is 1. The second-order valence-corrected chi connectivity index (χ2v) is 7.36. The van der Waals surface area contributed by atoms with E-state index in [0.717, 1.165) is 31.9 Å². The lowest BCUT2D eigenvalue weighted by molar-refractivity contribution is -0.140. The van der Waals surface area contributed by atoms with Crippen molar-refractivity contribution in [2.75, 3.05) is 59.6 Å². The Morgan fingerprint density at radius 1 is 1.21 bits per heavy atom. The molecule has 0 unspecified atom stereocenters. The van der Waals surface area contributed by atoms with Gasteiger partial charge in [0, 0.05) is 39.1 Å². The fraction of sp³-hybridized carbons (Fsp3) is 0.600. The number of guanidine groups is 1. The highest BCUT2D eigenvalue weighted by Gasteiger charge is 2.30. The van der Waals surface area contributed by atoms with Crippen LogP contribution in [-0.2, 0) is 9.53 Å². The molecule has 1 aromatic carbocycles. The van der Waals surface area contributed by atoms with Crippen molar-refractivity contribution < 1.29 is 14.3 Å². The highest BCUT2D eigenvalue weighted by atomic mass is 35.5. The molecule has 1 N–H and O–H groups in total. The molecule has 2 aliphatic heterocycles. The zero-order chi connectivity index (χ0) is 19.8. The summed E-state index contributed by atoms with van der Waals surface area (Å²) in [4.78, 5) is 21.2. The number of nitrogens with one attached hydrogen (secondary N) is 1. The summed E-state index contributed by atoms with van der Waals surface area (Å²) in [5.74, 6) is 1.92. The summed E-state index contributed by atoms with van der Waals surface area (Å²) in [5.41, 5.74) is 0. The largest absolute Gasteiger partial charge is 0.490 e. The van der Waals surface area contributed by atoms with Crippen LogP contribution in [0.4, 0.5) is 0 Å². The number of hydrogen-bond acceptors (Lipinski definition) is 4. The molecule has 0 spiro atoms. The number of rotatable bonds is 5. The maximum absolute atomic E-state index is 12.7. The quantitative estimate of drug-likeness (QED) is 0.457. The van der Waals surface area contributed by atoms with Crippen LogP contribution in [0.2, 0.25) is 5.02 Å². The van der Waals surface area contributed by atoms with Gasteiger partial charge in [0.25, 0.3) is 0 Å². The number of benzene rings is 1. The maximum atomic E-state index is 12.7. The van der Waals surface area contributed by atoms with Gasteiger partial charge >= 0.3 is 0 Å². The molecule has 8 heteroatoms. The smallest absolute Gasteiger partial charge is 0.225 e. The molecule has 1 aromatic rings. The Hall–Kier alpha value is -1.99. The number of nitrogens with zero attached hydrogens (tertiary/aromatic N) is 3. The van der Waals surface area contributed by atoms with Crippen LogP contribution >= 0.6 is 11.6 Å². The van der Waals surface area contributed by atoms with Crippen LogP contribution in [0.15, 0.2) is 29.3 Å². The van der Waals surface area contributed by atoms with E-state index in [1.54, 1.807) is 7.05 Å². The van der Waals surface area contributed by atoms with Gasteiger partial charge in [-0.15, -0.1) is 0 Å². The highest BCUT2D eigenvalue weighted by Crippen LogP contribution is 2.23. The monoisotopic (exact) mass is 408 g/mol. The molecule has 2 aliphatic rings. The van der Waals surface area contributed by atoms with Crippen LogP contribution in [0.5, 0.6) is 5.75 Å². The van der Waals surface area contributed by atoms with Crippen LogP contribution in [-0.4, -0.2) is 81.3 Å². The molecule has 0 bridgehead atoms. The predicted molar refractivity (Wildman–Crippen MR) is 110 cm³/mol. The Bertz CT molecular complexity index is 671. The Morgan fingerprint density at radius 2 is 1.93 bits per heavy atom. The predicted octanol–water partition coefficient (Wildman–Crippen LogP) is 1.86. The number of likely N-dealkylation sites (tertiary alicyclic amines) is 1. The molecule has 7 nitrogen and oxygen atoms in total. The standard InChI is InChI=1S/C20H29ClN4O3/c1-22-20(23-8-13-28-18-5-3-2-4-17(18)21)25-9-6-16(7-10-25)19(26)24-11-14-27-15-12-24/h2-5,16H,6-15H2,1H3,(H,22,23). The van der Waals surface area contributed by atoms with E-state index in [-0.39, 0.29) is 11.8 Å². The Morgan fingerprint density at radius 3 is 2.61 bits per heavy atom. The molecule has 2 saturated heterocycles. The van der Waals surface area contributed by atoms with Crippen molar-refractivity contribution >= 4 is 23.5 Å². The van der Waals surface area contributed by atoms with E-state index >= 15 is 0 Å². The van der Waals surface area contributed by atoms with Gasteiger partial charge in [0.2, 0.25) is 5.91 Å². The highest BCUT2D eigenvalue weighted by molar-refractivity contribution is 6.32. The third-order valence-corrected chi connectivity index (χ3v) is 5.47. The van der Waals surface area contributed by atoms with Crippen molar-refractivity contribution in [3.05, 3.63) is 29.3 Å². The van der Waals surface area contributed by atoms with Crippen molar-refractivity contribution in [3.8, 4) is 5.75 Å². The summed E-state index contributed by atoms with van der Waals surface area (Å²) in [6.07, 6.45) is 1.71. The van der Waals surface area contributed by atoms with Gasteiger partial charge in [0.1, 0.15) is 12.4 Å². The summed E-state index contributed by atoms with van der Waals surface area (Å²) < 4.78 is 11.0. The summed E-state index contributed by atoms with van der Waals surface area (Å²) in [6, 6.07) is 7.44. The van der Waals surface area contributed by atoms with Crippen molar-refractivity contribution in [2.45, 2.75) is 12.8 Å². The number of hydrogen-bond donors (Lipinski definition) is 1. The molecule has 2 fully saturated rings. The Kier molecular flexibility index (Phi) is 7.80. The lowest BCUT2D eigenvalue weighted by Gasteiger charge is -2.36. The first-order chi connectivity index (χ1) is 13.7. The lowest BCUT2D eigenvalue weighted by Crippen LogP contribution is -2.50. The van der Waals surface area contributed by atoms with E-state index in [2.05, 4.69) is 15.2 Å². The second-order valence-electron chi connectivity index (χ2n) is 6.95. The van der Waals surface area contributed by atoms with Gasteiger partial charge < -0.3 is 24.6 Å². The molecule has 3 rings (SSSR count). The van der Waals surface area contributed by atoms with Gasteiger partial charge in [0.05, 0.1) is 24.8 Å². The fourth-order valence-electron chi connectivity index (χ4n) is 3.60. The van der Waals surface area contributed by atoms with E-state index in [0.29, 0.717) is 50.2 Å². The first-order valence-electron chi connectivity index (χ1n) is 9.88. The molecular weight excluding hydrogens is 380 g/mol. The zero-order valence-corrected chi connectivity index (χ0v) is 17.2. The average Bonchev–Trinajstić information content (AvgIpc) is 2.75. The van der Waals surface area contributed by atoms with Crippen LogP contribution in [0, 0.1) is 5.92 Å². The number of carbonyl (C=O) groups excluding carboxylic acids is 1. The number of amides is 1. The van der Waals surface area contributed by atoms with E-state index in [1.807, 2.05) is 29.2 Å². The van der Waals surface area contributed by atoms with Crippen molar-refractivity contribution in [3.63, 3.8) is 0 Å². The second kappa shape index (κ2) is 10.5. The topological polar surface area (TPSA) is 66.4 Å². The van der Waals surface area contributed by atoms with E-state index in [4.69, 9.17) is 21.1 Å². The summed E-state index contributed by atoms with van der Waals surface area (Å²) >= 11 is 6.09. The molecule has 0 saturated carbocycles. The zero-order valence-electron chi connectivity index (χ0n) is 16.4. The molecule has 0 aliphatic carbocycles. The number of carbonyl (C=O) groups is 1. The first kappa shape index (κ1) is 20.7. The summed E-state index contributed by atoms with van der Waals surface area (Å²) in [5, 5.41) is 3.94. The number of halogens is 1. The van der Waals surface area contributed by atoms with Crippen molar-refractivity contribution in [1.82, 2.24) is 15.1 Å². The Balaban J connectivity index is 1.39. The van der Waals surface area contributed by atoms with Gasteiger partial charge in [-0.05, 0) is 25.0 Å². The molecule has 1 amide bonds. The van der Waals surface area contributed by atoms with Gasteiger partial charge in [-0.2, -0.15) is 0 Å². The number of para-hydroxylation sites is 1. The molecular formula is C20H29ClN4O3. The van der Waals surface area contributed by atoms with E-state index in [1.165, 1.54) is 0 Å². The van der Waals surface area contributed by atoms with Gasteiger partial charge in [-0.25, -0.2) is 0 Å². The van der Waals surface area contributed by atoms with Crippen LogP contribution in [0.25, 0.3) is 0 Å². The van der Waals surface area contributed by atoms with E-state index < -0.39 is 0 Å². The van der Waals surface area contributed by atoms with E-state index in [9.17, 15) is 4.79 Å². The van der Waals surface area contributed by atoms with Crippen LogP contribution < -0.4 is 10.1 Å². The first-order valence-corrected chi connectivity index (χ1v) is 10.3. The molecule has 28 heavy (non-hydrogen) atoms. The minimum atomic E-state index is 0.107. The minimum absolute atomic E-state index is 0.107. The van der Waals surface area contributed by atoms with Gasteiger partial charge in [-0.3, -0.25) is 9.79 Å². The molecule has 2 heterocycles. The number of aliphatic imine (C=N–C) groups is 1. The lowest BCUT2D eigenvalue weighted by atomic mass is 9.95. The van der Waals surface area contributed by atoms with Gasteiger partial charge in [-0.1, -0.05) is 23.7 Å². The number of morpholine rings is 1. The molecule has 0 atom stereocenters. The summed E-state index contributed by atoms with van der Waals surface area (Å²) in [7, 11) is 1.78. The van der Waals surface area contributed by atoms with Crippen molar-refractivity contribution in [1.29, 1.82) is 0 Å². The maximum Gasteiger partial charge on any atom is 0.225 e. The molecule has 0 aromatic heterocycles. The minimum Gasteiger partial charge on any atom is -0.490 e. The normalized spacial score (nSPS) is 18.9. The van der Waals surface area contributed by atoms with Gasteiger partial charge in [0.15, 0.2) is 5.96 Å². The fourth-order valence-corrected chi connectivity index (χ4v) is 3.79. The SMILES string of the molecule is CN=C(NCCOc1ccccc1Cl)N1CCC(C(=O)N2CCOCC2)CC1. The van der Waals surface area contributed by atoms with Crippen molar-refractivity contribution in [2.24, 2.45) is 10.9 Å². The summed E-state index contributed by atoms with van der Waals surface area (Å²) in [6.45, 7) is 5.51. The average molecular weight is 409 g/mol. The Labute approximate surface area is 171 Å². The molecule has 0 radical (unpaired) electrons. The number of ether oxygens (including phenoxy) is 2. The van der Waals surface area contributed by atoms with Crippen LogP contribution in [0.1, 0.15) is 12.8 Å². The third-order valence-electron chi connectivity index (χ3n) is 5.16. The van der Waals surface area contributed by atoms with Crippen LogP contribution in [0.3, 0.4) is 0 Å².